The van der Waals surface area contributed by atoms with Gasteiger partial charge in [0.25, 0.3) is 5.91 Å². The molecule has 0 atom stereocenters. The average Bonchev–Trinajstić information content (AvgIpc) is 3.29. The van der Waals surface area contributed by atoms with Gasteiger partial charge in [0.05, 0.1) is 5.69 Å². The van der Waals surface area contributed by atoms with E-state index < -0.39 is 0 Å². The Kier molecular flexibility index (Phi) is 6.31. The van der Waals surface area contributed by atoms with Crippen molar-refractivity contribution < 1.29 is 4.79 Å². The summed E-state index contributed by atoms with van der Waals surface area (Å²) in [5.74, 6) is 0.713. The molecule has 1 amide bonds. The van der Waals surface area contributed by atoms with E-state index in [1.807, 2.05) is 58.0 Å². The summed E-state index contributed by atoms with van der Waals surface area (Å²) in [6.45, 7) is 10.4. The molecule has 0 aliphatic carbocycles. The van der Waals surface area contributed by atoms with Gasteiger partial charge in [-0.25, -0.2) is 0 Å². The summed E-state index contributed by atoms with van der Waals surface area (Å²) in [6, 6.07) is 17.9. The molecule has 2 heterocycles. The highest BCUT2D eigenvalue weighted by Gasteiger charge is 2.16. The fourth-order valence-corrected chi connectivity index (χ4v) is 3.69. The van der Waals surface area contributed by atoms with Gasteiger partial charge in [0.2, 0.25) is 0 Å². The normalized spacial score (nSPS) is 11.1. The summed E-state index contributed by atoms with van der Waals surface area (Å²) in [6.07, 6.45) is 0. The summed E-state index contributed by atoms with van der Waals surface area (Å²) in [5.41, 5.74) is 7.29. The lowest BCUT2D eigenvalue weighted by molar-refractivity contribution is 0.0951. The first-order chi connectivity index (χ1) is 15.8. The molecule has 1 N–H and O–H groups in total. The van der Waals surface area contributed by atoms with Crippen LogP contribution in [-0.4, -0.2) is 31.1 Å². The van der Waals surface area contributed by atoms with Crippen molar-refractivity contribution in [1.82, 2.24) is 30.5 Å². The van der Waals surface area contributed by atoms with E-state index in [9.17, 15) is 4.79 Å². The first kappa shape index (κ1) is 22.3. The first-order valence-electron chi connectivity index (χ1n) is 11.0. The van der Waals surface area contributed by atoms with Crippen molar-refractivity contribution >= 4 is 5.91 Å². The van der Waals surface area contributed by atoms with Crippen LogP contribution in [0.5, 0.6) is 0 Å². The van der Waals surface area contributed by atoms with E-state index in [-0.39, 0.29) is 11.8 Å². The summed E-state index contributed by atoms with van der Waals surface area (Å²) in [5, 5.41) is 15.2. The second kappa shape index (κ2) is 9.32. The minimum atomic E-state index is -0.163. The molecule has 4 aromatic rings. The maximum Gasteiger partial charge on any atom is 0.251 e. The number of pyridine rings is 1. The maximum absolute atomic E-state index is 13.2. The Hall–Kier alpha value is -3.87. The molecule has 7 heteroatoms. The minimum Gasteiger partial charge on any atom is -0.348 e. The Morgan fingerprint density at radius 2 is 1.73 bits per heavy atom. The predicted octanol–water partition coefficient (Wildman–Crippen LogP) is 4.70. The molecule has 0 spiro atoms. The van der Waals surface area contributed by atoms with Gasteiger partial charge in [0, 0.05) is 29.4 Å². The third kappa shape index (κ3) is 4.98. The van der Waals surface area contributed by atoms with Crippen molar-refractivity contribution in [3.8, 4) is 16.8 Å². The molecule has 0 bridgehead atoms. The Balaban J connectivity index is 1.71. The van der Waals surface area contributed by atoms with Gasteiger partial charge in [0.15, 0.2) is 5.82 Å². The summed E-state index contributed by atoms with van der Waals surface area (Å²) in [7, 11) is 0. The smallest absolute Gasteiger partial charge is 0.251 e. The average molecular weight is 441 g/mol. The van der Waals surface area contributed by atoms with Gasteiger partial charge < -0.3 is 5.32 Å². The topological polar surface area (TPSA) is 85.6 Å². The second-order valence-corrected chi connectivity index (χ2v) is 8.62. The quantitative estimate of drug-likeness (QED) is 0.470. The number of nitrogens with one attached hydrogen (secondary N) is 1. The van der Waals surface area contributed by atoms with Crippen molar-refractivity contribution in [2.75, 3.05) is 0 Å². The molecule has 0 aliphatic rings. The number of hydrogen-bond donors (Lipinski definition) is 1. The van der Waals surface area contributed by atoms with Gasteiger partial charge in [-0.3, -0.25) is 9.78 Å². The van der Waals surface area contributed by atoms with Gasteiger partial charge >= 0.3 is 0 Å². The fourth-order valence-electron chi connectivity index (χ4n) is 3.69. The third-order valence-corrected chi connectivity index (χ3v) is 5.59. The van der Waals surface area contributed by atoms with Gasteiger partial charge in [-0.1, -0.05) is 49.7 Å². The van der Waals surface area contributed by atoms with Crippen molar-refractivity contribution in [2.45, 2.75) is 47.1 Å². The molecule has 33 heavy (non-hydrogen) atoms. The molecule has 0 unspecified atom stereocenters. The van der Waals surface area contributed by atoms with Crippen LogP contribution in [0.3, 0.4) is 0 Å². The molecule has 0 saturated carbocycles. The van der Waals surface area contributed by atoms with E-state index in [2.05, 4.69) is 57.0 Å². The number of nitrogens with zero attached hydrogens (tertiary/aromatic N) is 5. The lowest BCUT2D eigenvalue weighted by Gasteiger charge is -2.13. The number of hydrogen-bond acceptors (Lipinski definition) is 5. The van der Waals surface area contributed by atoms with Crippen molar-refractivity contribution in [3.63, 3.8) is 0 Å². The van der Waals surface area contributed by atoms with Crippen molar-refractivity contribution in [1.29, 1.82) is 0 Å². The highest BCUT2D eigenvalue weighted by Crippen LogP contribution is 2.26. The molecule has 0 radical (unpaired) electrons. The third-order valence-electron chi connectivity index (χ3n) is 5.59. The summed E-state index contributed by atoms with van der Waals surface area (Å²) >= 11 is 0. The van der Waals surface area contributed by atoms with Crippen LogP contribution < -0.4 is 5.32 Å². The number of benzene rings is 2. The molecule has 4 rings (SSSR count). The van der Waals surface area contributed by atoms with Crippen LogP contribution >= 0.6 is 0 Å². The number of carbonyl (C=O) groups excluding carboxylic acids is 1. The van der Waals surface area contributed by atoms with Crippen LogP contribution in [0.25, 0.3) is 16.8 Å². The zero-order chi connectivity index (χ0) is 23.5. The van der Waals surface area contributed by atoms with Gasteiger partial charge in [-0.2, -0.15) is 4.68 Å². The van der Waals surface area contributed by atoms with E-state index in [1.165, 1.54) is 5.56 Å². The van der Waals surface area contributed by atoms with Crippen LogP contribution in [0.2, 0.25) is 0 Å². The Morgan fingerprint density at radius 3 is 2.42 bits per heavy atom. The molecule has 2 aromatic heterocycles. The molecule has 0 aliphatic heterocycles. The van der Waals surface area contributed by atoms with E-state index in [1.54, 1.807) is 4.68 Å². The SMILES string of the molecule is Cc1ccc(-c2cc(C(=O)NCc3ccc(C)nc3C)cc(-n3nnnc3C(C)C)c2)cc1. The summed E-state index contributed by atoms with van der Waals surface area (Å²) in [4.78, 5) is 17.7. The minimum absolute atomic E-state index is 0.136. The van der Waals surface area contributed by atoms with Crippen molar-refractivity contribution in [3.05, 3.63) is 88.5 Å². The zero-order valence-electron chi connectivity index (χ0n) is 19.6. The number of aryl methyl sites for hydroxylation is 3. The van der Waals surface area contributed by atoms with Crippen LogP contribution in [0.15, 0.2) is 54.6 Å². The van der Waals surface area contributed by atoms with E-state index in [0.717, 1.165) is 39.6 Å². The highest BCUT2D eigenvalue weighted by atomic mass is 16.1. The van der Waals surface area contributed by atoms with Gasteiger partial charge in [-0.15, -0.1) is 5.10 Å². The van der Waals surface area contributed by atoms with Crippen LogP contribution in [0.4, 0.5) is 0 Å². The second-order valence-electron chi connectivity index (χ2n) is 8.62. The fraction of sp³-hybridized carbons (Fsp3) is 0.269. The molecule has 7 nitrogen and oxygen atoms in total. The van der Waals surface area contributed by atoms with Crippen LogP contribution in [0.1, 0.15) is 58.5 Å². The van der Waals surface area contributed by atoms with Crippen molar-refractivity contribution in [2.24, 2.45) is 0 Å². The monoisotopic (exact) mass is 440 g/mol. The van der Waals surface area contributed by atoms with E-state index in [4.69, 9.17) is 0 Å². The van der Waals surface area contributed by atoms with E-state index >= 15 is 0 Å². The number of aromatic nitrogens is 5. The number of amides is 1. The highest BCUT2D eigenvalue weighted by molar-refractivity contribution is 5.96. The standard InChI is InChI=1S/C26H28N6O/c1-16(2)25-29-30-31-32(25)24-13-22(20-9-6-17(3)7-10-20)12-23(14-24)26(33)27-15-21-11-8-18(4)28-19(21)5/h6-14,16H,15H2,1-5H3,(H,27,33). The summed E-state index contributed by atoms with van der Waals surface area (Å²) < 4.78 is 1.70. The van der Waals surface area contributed by atoms with Gasteiger partial charge in [0.1, 0.15) is 0 Å². The lowest BCUT2D eigenvalue weighted by Crippen LogP contribution is -2.23. The molecular weight excluding hydrogens is 412 g/mol. The largest absolute Gasteiger partial charge is 0.348 e. The number of rotatable bonds is 6. The lowest BCUT2D eigenvalue weighted by atomic mass is 10.0. The molecule has 168 valence electrons. The molecule has 0 fully saturated rings. The Morgan fingerprint density at radius 1 is 0.970 bits per heavy atom. The van der Waals surface area contributed by atoms with Gasteiger partial charge in [-0.05, 0) is 72.2 Å². The first-order valence-corrected chi connectivity index (χ1v) is 11.0. The number of carbonyl (C=O) groups is 1. The zero-order valence-corrected chi connectivity index (χ0v) is 19.6. The molecular formula is C26H28N6O. The van der Waals surface area contributed by atoms with E-state index in [0.29, 0.717) is 12.1 Å². The predicted molar refractivity (Wildman–Crippen MR) is 128 cm³/mol. The Bertz CT molecular complexity index is 1290. The molecule has 2 aromatic carbocycles. The maximum atomic E-state index is 13.2. The number of tetrazole rings is 1. The van der Waals surface area contributed by atoms with Crippen LogP contribution in [-0.2, 0) is 6.54 Å². The van der Waals surface area contributed by atoms with Crippen LogP contribution in [0, 0.1) is 20.8 Å². The Labute approximate surface area is 193 Å². The molecule has 0 saturated heterocycles.